The normalized spacial score (nSPS) is 14.7. The van der Waals surface area contributed by atoms with Crippen molar-refractivity contribution in [2.24, 2.45) is 0 Å². The molecule has 0 bridgehead atoms. The number of piperazine rings is 1. The average molecular weight is 394 g/mol. The van der Waals surface area contributed by atoms with E-state index in [-0.39, 0.29) is 5.91 Å². The highest BCUT2D eigenvalue weighted by atomic mass is 32.1. The number of aryl methyl sites for hydroxylation is 4. The number of amides is 1. The van der Waals surface area contributed by atoms with E-state index in [1.54, 1.807) is 11.3 Å². The van der Waals surface area contributed by atoms with Gasteiger partial charge in [-0.1, -0.05) is 41.2 Å². The number of aromatic nitrogens is 1. The molecule has 1 fully saturated rings. The summed E-state index contributed by atoms with van der Waals surface area (Å²) in [6.45, 7) is 11.6. The lowest BCUT2D eigenvalue weighted by molar-refractivity contribution is -0.130. The Morgan fingerprint density at radius 2 is 1.71 bits per heavy atom. The summed E-state index contributed by atoms with van der Waals surface area (Å²) in [4.78, 5) is 22.0. The van der Waals surface area contributed by atoms with Crippen LogP contribution in [0.3, 0.4) is 0 Å². The van der Waals surface area contributed by atoms with E-state index in [1.165, 1.54) is 27.0 Å². The van der Waals surface area contributed by atoms with E-state index in [1.807, 2.05) is 4.90 Å². The highest BCUT2D eigenvalue weighted by Gasteiger charge is 2.23. The summed E-state index contributed by atoms with van der Waals surface area (Å²) < 4.78 is 1.24. The zero-order chi connectivity index (χ0) is 19.8. The smallest absolute Gasteiger partial charge is 0.227 e. The SMILES string of the molecule is Cc1ccc(C)c(CC(=O)N2CCN(c3nc4c(C)c(C)ccc4s3)CC2)c1. The van der Waals surface area contributed by atoms with E-state index in [0.29, 0.717) is 6.42 Å². The molecule has 0 saturated carbocycles. The van der Waals surface area contributed by atoms with E-state index < -0.39 is 0 Å². The Bertz CT molecular complexity index is 1030. The number of benzene rings is 2. The molecule has 2 aromatic carbocycles. The molecule has 0 unspecified atom stereocenters. The highest BCUT2D eigenvalue weighted by Crippen LogP contribution is 2.32. The molecular formula is C23H27N3OS. The summed E-state index contributed by atoms with van der Waals surface area (Å²) in [7, 11) is 0. The summed E-state index contributed by atoms with van der Waals surface area (Å²) >= 11 is 1.75. The molecule has 4 nitrogen and oxygen atoms in total. The van der Waals surface area contributed by atoms with Crippen molar-refractivity contribution in [3.05, 3.63) is 58.1 Å². The largest absolute Gasteiger partial charge is 0.345 e. The van der Waals surface area contributed by atoms with Gasteiger partial charge in [0.05, 0.1) is 16.6 Å². The van der Waals surface area contributed by atoms with Crippen molar-refractivity contribution < 1.29 is 4.79 Å². The number of hydrogen-bond acceptors (Lipinski definition) is 4. The molecule has 28 heavy (non-hydrogen) atoms. The number of anilines is 1. The molecule has 0 aliphatic carbocycles. The molecule has 3 aromatic rings. The lowest BCUT2D eigenvalue weighted by atomic mass is 10.0. The third-order valence-corrected chi connectivity index (χ3v) is 6.90. The summed E-state index contributed by atoms with van der Waals surface area (Å²) in [5.74, 6) is 0.226. The molecule has 1 saturated heterocycles. The number of thiazole rings is 1. The number of hydrogen-bond donors (Lipinski definition) is 0. The molecule has 1 amide bonds. The molecule has 2 heterocycles. The van der Waals surface area contributed by atoms with Crippen LogP contribution in [0.25, 0.3) is 10.2 Å². The van der Waals surface area contributed by atoms with Gasteiger partial charge in [-0.2, -0.15) is 0 Å². The second-order valence-corrected chi connectivity index (χ2v) is 8.83. The van der Waals surface area contributed by atoms with Gasteiger partial charge in [0.15, 0.2) is 5.13 Å². The first-order valence-electron chi connectivity index (χ1n) is 9.88. The average Bonchev–Trinajstić information content (AvgIpc) is 3.13. The maximum Gasteiger partial charge on any atom is 0.227 e. The molecule has 1 aliphatic rings. The Morgan fingerprint density at radius 1 is 1.00 bits per heavy atom. The van der Waals surface area contributed by atoms with E-state index in [4.69, 9.17) is 4.98 Å². The van der Waals surface area contributed by atoms with Crippen LogP contribution in [0.4, 0.5) is 5.13 Å². The Morgan fingerprint density at radius 3 is 2.46 bits per heavy atom. The van der Waals surface area contributed by atoms with Crippen molar-refractivity contribution in [1.29, 1.82) is 0 Å². The summed E-state index contributed by atoms with van der Waals surface area (Å²) in [6, 6.07) is 10.7. The van der Waals surface area contributed by atoms with Gasteiger partial charge in [0, 0.05) is 26.2 Å². The first-order valence-corrected chi connectivity index (χ1v) is 10.7. The van der Waals surface area contributed by atoms with Gasteiger partial charge in [-0.05, 0) is 56.0 Å². The molecule has 5 heteroatoms. The monoisotopic (exact) mass is 393 g/mol. The molecule has 0 N–H and O–H groups in total. The van der Waals surface area contributed by atoms with Crippen molar-refractivity contribution in [1.82, 2.24) is 9.88 Å². The topological polar surface area (TPSA) is 36.4 Å². The van der Waals surface area contributed by atoms with Gasteiger partial charge in [0.25, 0.3) is 0 Å². The van der Waals surface area contributed by atoms with E-state index in [0.717, 1.165) is 42.4 Å². The van der Waals surface area contributed by atoms with Gasteiger partial charge < -0.3 is 9.80 Å². The maximum absolute atomic E-state index is 12.8. The predicted octanol–water partition coefficient (Wildman–Crippen LogP) is 4.42. The molecule has 1 aliphatic heterocycles. The third-order valence-electron chi connectivity index (χ3n) is 5.82. The highest BCUT2D eigenvalue weighted by molar-refractivity contribution is 7.22. The summed E-state index contributed by atoms with van der Waals surface area (Å²) in [6.07, 6.45) is 0.493. The van der Waals surface area contributed by atoms with Gasteiger partial charge >= 0.3 is 0 Å². The van der Waals surface area contributed by atoms with E-state index in [2.05, 4.69) is 62.9 Å². The fourth-order valence-electron chi connectivity index (χ4n) is 3.76. The third kappa shape index (κ3) is 3.63. The Hall–Kier alpha value is -2.40. The van der Waals surface area contributed by atoms with Crippen molar-refractivity contribution in [3.8, 4) is 0 Å². The zero-order valence-electron chi connectivity index (χ0n) is 17.1. The predicted molar refractivity (Wildman–Crippen MR) is 118 cm³/mol. The lowest BCUT2D eigenvalue weighted by Gasteiger charge is -2.34. The zero-order valence-corrected chi connectivity index (χ0v) is 17.9. The molecule has 1 aromatic heterocycles. The molecule has 4 rings (SSSR count). The second-order valence-electron chi connectivity index (χ2n) is 7.83. The van der Waals surface area contributed by atoms with E-state index in [9.17, 15) is 4.79 Å². The number of carbonyl (C=O) groups excluding carboxylic acids is 1. The minimum absolute atomic E-state index is 0.226. The quantitative estimate of drug-likeness (QED) is 0.661. The first-order chi connectivity index (χ1) is 13.4. The fraction of sp³-hybridized carbons (Fsp3) is 0.391. The molecule has 0 radical (unpaired) electrons. The standard InChI is InChI=1S/C23H27N3OS/c1-15-5-6-17(3)19(13-15)14-21(27)25-9-11-26(12-10-25)23-24-22-18(4)16(2)7-8-20(22)28-23/h5-8,13H,9-12,14H2,1-4H3. The van der Waals surface area contributed by atoms with Gasteiger partial charge in [-0.15, -0.1) is 0 Å². The second kappa shape index (κ2) is 7.55. The van der Waals surface area contributed by atoms with Gasteiger partial charge in [0.2, 0.25) is 5.91 Å². The van der Waals surface area contributed by atoms with Gasteiger partial charge in [-0.25, -0.2) is 4.98 Å². The van der Waals surface area contributed by atoms with Crippen molar-refractivity contribution in [2.45, 2.75) is 34.1 Å². The van der Waals surface area contributed by atoms with Crippen LogP contribution in [0.2, 0.25) is 0 Å². The first kappa shape index (κ1) is 18.9. The number of rotatable bonds is 3. The lowest BCUT2D eigenvalue weighted by Crippen LogP contribution is -2.49. The summed E-state index contributed by atoms with van der Waals surface area (Å²) in [5, 5.41) is 1.07. The van der Waals surface area contributed by atoms with Crippen molar-refractivity contribution in [2.75, 3.05) is 31.1 Å². The maximum atomic E-state index is 12.8. The minimum atomic E-state index is 0.226. The minimum Gasteiger partial charge on any atom is -0.345 e. The summed E-state index contributed by atoms with van der Waals surface area (Å²) in [5.41, 5.74) is 7.21. The van der Waals surface area contributed by atoms with Crippen LogP contribution in [0, 0.1) is 27.7 Å². The number of fused-ring (bicyclic) bond motifs is 1. The van der Waals surface area contributed by atoms with Crippen molar-refractivity contribution >= 4 is 32.6 Å². The molecule has 146 valence electrons. The van der Waals surface area contributed by atoms with Crippen LogP contribution < -0.4 is 4.90 Å². The van der Waals surface area contributed by atoms with Crippen molar-refractivity contribution in [3.63, 3.8) is 0 Å². The number of carbonyl (C=O) groups is 1. The Labute approximate surface area is 170 Å². The number of nitrogens with zero attached hydrogens (tertiary/aromatic N) is 3. The molecule has 0 spiro atoms. The van der Waals surface area contributed by atoms with Gasteiger partial charge in [-0.3, -0.25) is 4.79 Å². The molecular weight excluding hydrogens is 366 g/mol. The van der Waals surface area contributed by atoms with Crippen LogP contribution in [-0.4, -0.2) is 42.0 Å². The Kier molecular flexibility index (Phi) is 5.11. The van der Waals surface area contributed by atoms with Crippen LogP contribution in [0.5, 0.6) is 0 Å². The fourth-order valence-corrected chi connectivity index (χ4v) is 4.84. The Balaban J connectivity index is 1.42. The van der Waals surface area contributed by atoms with Crippen LogP contribution in [0.1, 0.15) is 27.8 Å². The molecule has 0 atom stereocenters. The van der Waals surface area contributed by atoms with Gasteiger partial charge in [0.1, 0.15) is 0 Å². The van der Waals surface area contributed by atoms with E-state index >= 15 is 0 Å². The van der Waals surface area contributed by atoms with Crippen LogP contribution in [0.15, 0.2) is 30.3 Å². The van der Waals surface area contributed by atoms with Crippen LogP contribution in [-0.2, 0) is 11.2 Å². The van der Waals surface area contributed by atoms with Crippen LogP contribution >= 0.6 is 11.3 Å².